The lowest BCUT2D eigenvalue weighted by atomic mass is 10.2. The van der Waals surface area contributed by atoms with Crippen LogP contribution < -0.4 is 10.2 Å². The number of alkyl halides is 2. The third-order valence-corrected chi connectivity index (χ3v) is 1.60. The first-order valence-electron chi connectivity index (χ1n) is 3.59. The van der Waals surface area contributed by atoms with E-state index in [1.807, 2.05) is 0 Å². The second-order valence-electron chi connectivity index (χ2n) is 2.40. The second-order valence-corrected chi connectivity index (χ2v) is 2.40. The third kappa shape index (κ3) is 1.71. The van der Waals surface area contributed by atoms with Gasteiger partial charge in [-0.05, 0) is 0 Å². The van der Waals surface area contributed by atoms with Gasteiger partial charge in [0.25, 0.3) is 6.43 Å². The Labute approximate surface area is 77.7 Å². The van der Waals surface area contributed by atoms with Crippen LogP contribution in [0.2, 0.25) is 0 Å². The van der Waals surface area contributed by atoms with Crippen LogP contribution in [-0.2, 0) is 0 Å². The largest absolute Gasteiger partial charge is 0.482 e. The first kappa shape index (κ1) is 10.2. The van der Waals surface area contributed by atoms with Crippen molar-refractivity contribution in [3.8, 4) is 11.9 Å². The molecule has 1 N–H and O–H groups in total. The number of aromatic amines is 1. The fraction of sp³-hybridized carbons (Fsp3) is 0.250. The van der Waals surface area contributed by atoms with Crippen LogP contribution in [0.15, 0.2) is 10.9 Å². The second kappa shape index (κ2) is 3.87. The van der Waals surface area contributed by atoms with Crippen LogP contribution in [-0.4, -0.2) is 12.1 Å². The van der Waals surface area contributed by atoms with E-state index < -0.39 is 23.1 Å². The minimum Gasteiger partial charge on any atom is -0.482 e. The van der Waals surface area contributed by atoms with Gasteiger partial charge in [0, 0.05) is 6.07 Å². The molecule has 0 spiro atoms. The summed E-state index contributed by atoms with van der Waals surface area (Å²) >= 11 is 0. The molecule has 1 aromatic rings. The quantitative estimate of drug-likeness (QED) is 0.779. The van der Waals surface area contributed by atoms with Gasteiger partial charge in [-0.1, -0.05) is 0 Å². The monoisotopic (exact) mass is 200 g/mol. The maximum atomic E-state index is 12.3. The number of hydrogen-bond donors (Lipinski definition) is 1. The fourth-order valence-corrected chi connectivity index (χ4v) is 0.961. The Morgan fingerprint density at radius 2 is 2.29 bits per heavy atom. The number of aromatic nitrogens is 1. The standard InChI is InChI=1S/C8H6F2N2O2/c1-14-6-2-5(13)7(8(9)10)4(3-11)12-6/h2,8H,1H3,(H,12,13). The lowest BCUT2D eigenvalue weighted by molar-refractivity contribution is 0.149. The van der Waals surface area contributed by atoms with E-state index in [1.165, 1.54) is 13.2 Å². The van der Waals surface area contributed by atoms with Crippen LogP contribution in [0.3, 0.4) is 0 Å². The van der Waals surface area contributed by atoms with Crippen LogP contribution in [0.5, 0.6) is 5.88 Å². The number of nitrogens with zero attached hydrogens (tertiary/aromatic N) is 1. The Balaban J connectivity index is 3.45. The molecule has 4 nitrogen and oxygen atoms in total. The normalized spacial score (nSPS) is 9.93. The van der Waals surface area contributed by atoms with Gasteiger partial charge in [-0.2, -0.15) is 5.26 Å². The number of nitrogens with one attached hydrogen (secondary N) is 1. The molecule has 0 unspecified atom stereocenters. The summed E-state index contributed by atoms with van der Waals surface area (Å²) in [5.41, 5.74) is -2.20. The molecule has 0 fully saturated rings. The zero-order chi connectivity index (χ0) is 10.7. The van der Waals surface area contributed by atoms with Gasteiger partial charge in [0.2, 0.25) is 0 Å². The molecule has 0 aliphatic heterocycles. The van der Waals surface area contributed by atoms with E-state index in [-0.39, 0.29) is 5.88 Å². The Kier molecular flexibility index (Phi) is 2.82. The number of pyridine rings is 1. The van der Waals surface area contributed by atoms with Crippen LogP contribution in [0.4, 0.5) is 8.78 Å². The minimum absolute atomic E-state index is 0.0176. The van der Waals surface area contributed by atoms with Crippen molar-refractivity contribution in [3.05, 3.63) is 27.5 Å². The zero-order valence-corrected chi connectivity index (χ0v) is 7.17. The summed E-state index contributed by atoms with van der Waals surface area (Å²) in [4.78, 5) is 13.4. The SMILES string of the molecule is COc1cc(=O)c(C(F)F)c(C#N)[nH]1. The first-order chi connectivity index (χ1) is 6.60. The highest BCUT2D eigenvalue weighted by atomic mass is 19.3. The van der Waals surface area contributed by atoms with Crippen LogP contribution in [0.1, 0.15) is 17.7 Å². The van der Waals surface area contributed by atoms with Crippen molar-refractivity contribution in [1.82, 2.24) is 4.98 Å². The maximum absolute atomic E-state index is 12.3. The van der Waals surface area contributed by atoms with Gasteiger partial charge in [-0.25, -0.2) is 8.78 Å². The van der Waals surface area contributed by atoms with Gasteiger partial charge in [0.15, 0.2) is 11.3 Å². The Morgan fingerprint density at radius 3 is 2.71 bits per heavy atom. The van der Waals surface area contributed by atoms with E-state index in [9.17, 15) is 13.6 Å². The summed E-state index contributed by atoms with van der Waals surface area (Å²) in [5, 5.41) is 8.50. The van der Waals surface area contributed by atoms with Crippen molar-refractivity contribution in [3.63, 3.8) is 0 Å². The zero-order valence-electron chi connectivity index (χ0n) is 7.17. The summed E-state index contributed by atoms with van der Waals surface area (Å²) < 4.78 is 29.2. The molecule has 0 aliphatic rings. The van der Waals surface area contributed by atoms with Crippen molar-refractivity contribution in [1.29, 1.82) is 5.26 Å². The third-order valence-electron chi connectivity index (χ3n) is 1.60. The molecular weight excluding hydrogens is 194 g/mol. The number of hydrogen-bond acceptors (Lipinski definition) is 3. The molecule has 1 rings (SSSR count). The molecule has 0 atom stereocenters. The van der Waals surface area contributed by atoms with Gasteiger partial charge < -0.3 is 9.72 Å². The van der Waals surface area contributed by atoms with Crippen LogP contribution in [0.25, 0.3) is 0 Å². The summed E-state index contributed by atoms with van der Waals surface area (Å²) in [6.45, 7) is 0. The number of H-pyrrole nitrogens is 1. The summed E-state index contributed by atoms with van der Waals surface area (Å²) in [6, 6.07) is 2.35. The molecule has 0 saturated carbocycles. The van der Waals surface area contributed by atoms with E-state index >= 15 is 0 Å². The van der Waals surface area contributed by atoms with Gasteiger partial charge in [0.05, 0.1) is 12.7 Å². The van der Waals surface area contributed by atoms with Crippen molar-refractivity contribution >= 4 is 0 Å². The molecule has 0 aliphatic carbocycles. The molecule has 6 heteroatoms. The number of nitriles is 1. The summed E-state index contributed by atoms with van der Waals surface area (Å²) in [6.07, 6.45) is -2.97. The lowest BCUT2D eigenvalue weighted by Crippen LogP contribution is -2.13. The Bertz CT molecular complexity index is 434. The summed E-state index contributed by atoms with van der Waals surface area (Å²) in [7, 11) is 1.26. The van der Waals surface area contributed by atoms with Crippen LogP contribution >= 0.6 is 0 Å². The maximum Gasteiger partial charge on any atom is 0.270 e. The molecule has 14 heavy (non-hydrogen) atoms. The van der Waals surface area contributed by atoms with E-state index in [4.69, 9.17) is 5.26 Å². The highest BCUT2D eigenvalue weighted by molar-refractivity contribution is 5.35. The van der Waals surface area contributed by atoms with Crippen molar-refractivity contribution in [2.24, 2.45) is 0 Å². The summed E-state index contributed by atoms with van der Waals surface area (Å²) in [5.74, 6) is -0.0176. The van der Waals surface area contributed by atoms with Gasteiger partial charge in [-0.3, -0.25) is 4.79 Å². The highest BCUT2D eigenvalue weighted by Gasteiger charge is 2.18. The molecule has 0 amide bonds. The molecule has 74 valence electrons. The first-order valence-corrected chi connectivity index (χ1v) is 3.59. The fourth-order valence-electron chi connectivity index (χ4n) is 0.961. The van der Waals surface area contributed by atoms with Crippen molar-refractivity contribution in [2.45, 2.75) is 6.43 Å². The molecule has 0 aromatic carbocycles. The smallest absolute Gasteiger partial charge is 0.270 e. The predicted molar refractivity (Wildman–Crippen MR) is 43.3 cm³/mol. The molecule has 1 heterocycles. The van der Waals surface area contributed by atoms with Gasteiger partial charge >= 0.3 is 0 Å². The van der Waals surface area contributed by atoms with Crippen molar-refractivity contribution < 1.29 is 13.5 Å². The Hall–Kier alpha value is -1.90. The molecular formula is C8H6F2N2O2. The molecule has 1 aromatic heterocycles. The minimum atomic E-state index is -2.97. The van der Waals surface area contributed by atoms with Gasteiger partial charge in [-0.15, -0.1) is 0 Å². The van der Waals surface area contributed by atoms with Crippen molar-refractivity contribution in [2.75, 3.05) is 7.11 Å². The number of methoxy groups -OCH3 is 1. The van der Waals surface area contributed by atoms with E-state index in [0.717, 1.165) is 6.07 Å². The van der Waals surface area contributed by atoms with Gasteiger partial charge in [0.1, 0.15) is 11.8 Å². The highest BCUT2D eigenvalue weighted by Crippen LogP contribution is 2.19. The topological polar surface area (TPSA) is 65.9 Å². The van der Waals surface area contributed by atoms with E-state index in [1.54, 1.807) is 0 Å². The molecule has 0 saturated heterocycles. The number of halogens is 2. The average Bonchev–Trinajstić information content (AvgIpc) is 2.15. The Morgan fingerprint density at radius 1 is 1.64 bits per heavy atom. The van der Waals surface area contributed by atoms with Crippen LogP contribution in [0, 0.1) is 11.3 Å². The molecule has 0 bridgehead atoms. The average molecular weight is 200 g/mol. The lowest BCUT2D eigenvalue weighted by Gasteiger charge is -2.04. The number of rotatable bonds is 2. The molecule has 0 radical (unpaired) electrons. The van der Waals surface area contributed by atoms with E-state index in [0.29, 0.717) is 0 Å². The number of ether oxygens (including phenoxy) is 1. The predicted octanol–water partition coefficient (Wildman–Crippen LogP) is 1.19. The van der Waals surface area contributed by atoms with E-state index in [2.05, 4.69) is 9.72 Å².